The van der Waals surface area contributed by atoms with Crippen LogP contribution in [0.3, 0.4) is 0 Å². The van der Waals surface area contributed by atoms with Crippen molar-refractivity contribution in [2.75, 3.05) is 0 Å². The van der Waals surface area contributed by atoms with Crippen molar-refractivity contribution in [2.24, 2.45) is 5.73 Å². The molecule has 0 aliphatic heterocycles. The number of guanidine groups is 1. The molecule has 2 aromatic carbocycles. The lowest BCUT2D eigenvalue weighted by atomic mass is 10.1. The molecule has 0 unspecified atom stereocenters. The number of nitrogens with zero attached hydrogens (tertiary/aromatic N) is 1. The average molecular weight is 470 g/mol. The van der Waals surface area contributed by atoms with Gasteiger partial charge < -0.3 is 15.3 Å². The van der Waals surface area contributed by atoms with Crippen molar-refractivity contribution in [3.63, 3.8) is 0 Å². The highest BCUT2D eigenvalue weighted by Gasteiger charge is 2.43. The highest BCUT2D eigenvalue weighted by atomic mass is 35.5. The van der Waals surface area contributed by atoms with Gasteiger partial charge in [0.05, 0.1) is 17.1 Å². The Balaban J connectivity index is 2.12. The smallest absolute Gasteiger partial charge is 0.489 e. The molecule has 0 atom stereocenters. The summed E-state index contributed by atoms with van der Waals surface area (Å²) in [5.74, 6) is -3.38. The highest BCUT2D eigenvalue weighted by molar-refractivity contribution is 6.32. The number of alkyl halides is 6. The number of rotatable bonds is 5. The summed E-state index contributed by atoms with van der Waals surface area (Å²) in [6, 6.07) is 8.94. The van der Waals surface area contributed by atoms with E-state index in [1.165, 1.54) is 36.4 Å². The van der Waals surface area contributed by atoms with Crippen LogP contribution >= 0.6 is 11.6 Å². The maximum absolute atomic E-state index is 12.9. The number of ether oxygens (including phenoxy) is 1. The Labute approximate surface area is 176 Å². The Bertz CT molecular complexity index is 965. The van der Waals surface area contributed by atoms with E-state index in [-0.39, 0.29) is 28.5 Å². The Kier molecular flexibility index (Phi) is 7.26. The summed E-state index contributed by atoms with van der Waals surface area (Å²) in [6.07, 6.45) is -9.93. The minimum absolute atomic E-state index is 0.0614. The average Bonchev–Trinajstić information content (AvgIpc) is 2.65. The zero-order chi connectivity index (χ0) is 23.4. The lowest BCUT2D eigenvalue weighted by Gasteiger charge is -2.21. The normalized spacial score (nSPS) is 11.7. The van der Waals surface area contributed by atoms with Gasteiger partial charge in [-0.05, 0) is 23.8 Å². The first kappa shape index (κ1) is 24.1. The maximum Gasteiger partial charge on any atom is 0.493 e. The number of hydroxylamine groups is 2. The number of nitrogens with one attached hydrogen (secondary N) is 1. The molecule has 168 valence electrons. The number of carbonyl (C=O) groups excluding carboxylic acids is 1. The van der Waals surface area contributed by atoms with E-state index in [1.807, 2.05) is 0 Å². The van der Waals surface area contributed by atoms with Gasteiger partial charge in [-0.1, -0.05) is 35.9 Å². The van der Waals surface area contributed by atoms with Gasteiger partial charge in [0.25, 0.3) is 0 Å². The molecule has 0 aromatic heterocycles. The second kappa shape index (κ2) is 9.33. The Morgan fingerprint density at radius 3 is 2.32 bits per heavy atom. The Hall–Kier alpha value is -3.15. The van der Waals surface area contributed by atoms with Crippen molar-refractivity contribution in [3.8, 4) is 5.75 Å². The number of hydrogen-bond acceptors (Lipinski definition) is 4. The third kappa shape index (κ3) is 6.67. The number of halogens is 7. The lowest BCUT2D eigenvalue weighted by Crippen LogP contribution is -2.41. The molecule has 0 fully saturated rings. The topological polar surface area (TPSA) is 88.6 Å². The van der Waals surface area contributed by atoms with Gasteiger partial charge in [0, 0.05) is 5.56 Å². The molecule has 2 aromatic rings. The molecule has 0 aliphatic rings. The van der Waals surface area contributed by atoms with Crippen LogP contribution in [0.4, 0.5) is 26.3 Å². The standard InChI is InChI=1S/C18H14ClF6N3O3/c19-14-11(4-2-6-13(14)17(20,21)22)9-30-12-5-1-3-10(7-12)8-28(16(26)27)31-15(29)18(23,24)25/h1-7H,8-9H2,(H3,26,27). The molecule has 0 radical (unpaired) electrons. The molecule has 31 heavy (non-hydrogen) atoms. The fraction of sp³-hybridized carbons (Fsp3) is 0.222. The van der Waals surface area contributed by atoms with E-state index in [0.717, 1.165) is 6.07 Å². The van der Waals surface area contributed by atoms with Gasteiger partial charge in [-0.3, -0.25) is 5.41 Å². The zero-order valence-electron chi connectivity index (χ0n) is 15.4. The number of benzene rings is 2. The van der Waals surface area contributed by atoms with E-state index in [1.54, 1.807) is 0 Å². The number of hydrogen-bond donors (Lipinski definition) is 2. The SMILES string of the molecule is N=C(N)N(Cc1cccc(OCc2cccc(C(F)(F)F)c2Cl)c1)OC(=O)C(F)(F)F. The van der Waals surface area contributed by atoms with Gasteiger partial charge in [0.2, 0.25) is 5.96 Å². The van der Waals surface area contributed by atoms with Gasteiger partial charge in [-0.25, -0.2) is 4.79 Å². The Morgan fingerprint density at radius 1 is 1.10 bits per heavy atom. The molecule has 0 amide bonds. The molecular weight excluding hydrogens is 456 g/mol. The van der Waals surface area contributed by atoms with E-state index in [2.05, 4.69) is 4.84 Å². The monoisotopic (exact) mass is 469 g/mol. The van der Waals surface area contributed by atoms with Gasteiger partial charge in [0.15, 0.2) is 0 Å². The van der Waals surface area contributed by atoms with Crippen LogP contribution in [0.2, 0.25) is 5.02 Å². The van der Waals surface area contributed by atoms with Gasteiger partial charge in [-0.15, -0.1) is 0 Å². The largest absolute Gasteiger partial charge is 0.493 e. The Morgan fingerprint density at radius 2 is 1.74 bits per heavy atom. The van der Waals surface area contributed by atoms with E-state index in [9.17, 15) is 31.1 Å². The van der Waals surface area contributed by atoms with Crippen LogP contribution in [0.1, 0.15) is 16.7 Å². The maximum atomic E-state index is 12.9. The fourth-order valence-corrected chi connectivity index (χ4v) is 2.58. The molecule has 3 N–H and O–H groups in total. The summed E-state index contributed by atoms with van der Waals surface area (Å²) >= 11 is 5.80. The second-order valence-corrected chi connectivity index (χ2v) is 6.39. The van der Waals surface area contributed by atoms with Crippen molar-refractivity contribution >= 4 is 23.5 Å². The van der Waals surface area contributed by atoms with Crippen molar-refractivity contribution < 1.29 is 40.7 Å². The molecule has 6 nitrogen and oxygen atoms in total. The van der Waals surface area contributed by atoms with E-state index < -0.39 is 41.4 Å². The molecular formula is C18H14ClF6N3O3. The summed E-state index contributed by atoms with van der Waals surface area (Å²) in [6.45, 7) is -0.843. The van der Waals surface area contributed by atoms with Crippen LogP contribution in [0.15, 0.2) is 42.5 Å². The predicted octanol–water partition coefficient (Wildman–Crippen LogP) is 4.65. The molecule has 0 saturated heterocycles. The minimum Gasteiger partial charge on any atom is -0.489 e. The van der Waals surface area contributed by atoms with Crippen LogP contribution < -0.4 is 10.5 Å². The fourth-order valence-electron chi connectivity index (χ4n) is 2.29. The first-order valence-corrected chi connectivity index (χ1v) is 8.64. The minimum atomic E-state index is -5.29. The molecule has 0 aliphatic carbocycles. The summed E-state index contributed by atoms with van der Waals surface area (Å²) in [4.78, 5) is 15.0. The molecule has 0 heterocycles. The summed E-state index contributed by atoms with van der Waals surface area (Å²) < 4.78 is 81.3. The molecule has 13 heteroatoms. The third-order valence-electron chi connectivity index (χ3n) is 3.70. The molecule has 0 spiro atoms. The van der Waals surface area contributed by atoms with Crippen LogP contribution in [0, 0.1) is 5.41 Å². The van der Waals surface area contributed by atoms with Gasteiger partial charge >= 0.3 is 18.3 Å². The first-order valence-electron chi connectivity index (χ1n) is 8.26. The van der Waals surface area contributed by atoms with Gasteiger partial charge in [0.1, 0.15) is 12.4 Å². The lowest BCUT2D eigenvalue weighted by molar-refractivity contribution is -0.227. The van der Waals surface area contributed by atoms with Crippen LogP contribution in [-0.2, 0) is 29.0 Å². The highest BCUT2D eigenvalue weighted by Crippen LogP contribution is 2.36. The summed E-state index contributed by atoms with van der Waals surface area (Å²) in [7, 11) is 0. The van der Waals surface area contributed by atoms with Crippen molar-refractivity contribution in [1.82, 2.24) is 5.06 Å². The zero-order valence-corrected chi connectivity index (χ0v) is 16.1. The van der Waals surface area contributed by atoms with Crippen LogP contribution in [0.25, 0.3) is 0 Å². The summed E-state index contributed by atoms with van der Waals surface area (Å²) in [5, 5.41) is 6.96. The second-order valence-electron chi connectivity index (χ2n) is 6.01. The van der Waals surface area contributed by atoms with Crippen molar-refractivity contribution in [2.45, 2.75) is 25.5 Å². The third-order valence-corrected chi connectivity index (χ3v) is 4.14. The van der Waals surface area contributed by atoms with Crippen LogP contribution in [0.5, 0.6) is 5.75 Å². The van der Waals surface area contributed by atoms with Gasteiger partial charge in [-0.2, -0.15) is 31.4 Å². The van der Waals surface area contributed by atoms with Crippen LogP contribution in [-0.4, -0.2) is 23.2 Å². The molecule has 0 bridgehead atoms. The van der Waals surface area contributed by atoms with E-state index in [4.69, 9.17) is 27.5 Å². The summed E-state index contributed by atoms with van der Waals surface area (Å²) in [5.41, 5.74) is 4.42. The number of carbonyl (C=O) groups is 1. The first-order chi connectivity index (χ1) is 14.3. The molecule has 0 saturated carbocycles. The van der Waals surface area contributed by atoms with E-state index >= 15 is 0 Å². The van der Waals surface area contributed by atoms with Crippen molar-refractivity contribution in [1.29, 1.82) is 5.41 Å². The van der Waals surface area contributed by atoms with E-state index in [0.29, 0.717) is 0 Å². The quantitative estimate of drug-likeness (QED) is 0.288. The van der Waals surface area contributed by atoms with Crippen molar-refractivity contribution in [3.05, 3.63) is 64.2 Å². The molecule has 2 rings (SSSR count). The number of nitrogens with two attached hydrogens (primary N) is 1. The predicted molar refractivity (Wildman–Crippen MR) is 96.8 cm³/mol.